The fraction of sp³-hybridized carbons (Fsp3) is 0.267. The van der Waals surface area contributed by atoms with Gasteiger partial charge in [-0.1, -0.05) is 27.7 Å². The highest BCUT2D eigenvalue weighted by Crippen LogP contribution is 2.40. The molecule has 2 rings (SSSR count). The van der Waals surface area contributed by atoms with Crippen molar-refractivity contribution in [2.45, 2.75) is 18.3 Å². The minimum absolute atomic E-state index is 0.0371. The first-order valence-corrected chi connectivity index (χ1v) is 8.58. The molecule has 8 nitrogen and oxygen atoms in total. The molecule has 0 fully saturated rings. The van der Waals surface area contributed by atoms with Gasteiger partial charge in [0.05, 0.1) is 5.56 Å². The Balaban J connectivity index is 2.62. The van der Waals surface area contributed by atoms with Crippen LogP contribution in [0, 0.1) is 0 Å². The molecule has 0 unspecified atom stereocenters. The highest BCUT2D eigenvalue weighted by atomic mass is 127. The molecule has 0 saturated heterocycles. The normalized spacial score (nSPS) is 10.5. The minimum Gasteiger partial charge on any atom is -0.508 e. The number of halogens is 1. The third kappa shape index (κ3) is 3.61. The van der Waals surface area contributed by atoms with Crippen molar-refractivity contribution in [1.82, 2.24) is 10.5 Å². The van der Waals surface area contributed by atoms with E-state index in [1.165, 1.54) is 19.1 Å². The van der Waals surface area contributed by atoms with Gasteiger partial charge in [0.15, 0.2) is 11.5 Å². The third-order valence-electron chi connectivity index (χ3n) is 3.13. The average molecular weight is 445 g/mol. The number of aromatic hydroxyl groups is 2. The molecule has 24 heavy (non-hydrogen) atoms. The number of rotatable bonds is 5. The van der Waals surface area contributed by atoms with E-state index in [1.807, 2.05) is 0 Å². The lowest BCUT2D eigenvalue weighted by Crippen LogP contribution is -2.24. The predicted molar refractivity (Wildman–Crippen MR) is 95.3 cm³/mol. The van der Waals surface area contributed by atoms with Crippen LogP contribution in [0.15, 0.2) is 16.7 Å². The van der Waals surface area contributed by atoms with Gasteiger partial charge in [0.2, 0.25) is 5.91 Å². The molecule has 0 bridgehead atoms. The predicted octanol–water partition coefficient (Wildman–Crippen LogP) is 2.40. The maximum atomic E-state index is 12.1. The van der Waals surface area contributed by atoms with E-state index in [1.54, 1.807) is 6.92 Å². The van der Waals surface area contributed by atoms with Gasteiger partial charge < -0.3 is 25.4 Å². The Bertz CT molecular complexity index is 788. The van der Waals surface area contributed by atoms with Crippen LogP contribution in [0.3, 0.4) is 0 Å². The third-order valence-corrected chi connectivity index (χ3v) is 3.95. The van der Waals surface area contributed by atoms with E-state index < -0.39 is 11.8 Å². The summed E-state index contributed by atoms with van der Waals surface area (Å²) in [5.41, 5.74) is 0.749. The zero-order chi connectivity index (χ0) is 17.9. The Morgan fingerprint density at radius 3 is 2.58 bits per heavy atom. The Kier molecular flexibility index (Phi) is 5.65. The smallest absolute Gasteiger partial charge is 0.275 e. The molecule has 0 aliphatic heterocycles. The Labute approximate surface area is 151 Å². The van der Waals surface area contributed by atoms with Crippen molar-refractivity contribution in [3.63, 3.8) is 0 Å². The summed E-state index contributed by atoms with van der Waals surface area (Å²) in [6, 6.07) is 2.69. The maximum Gasteiger partial charge on any atom is 0.275 e. The van der Waals surface area contributed by atoms with Gasteiger partial charge in [0, 0.05) is 29.5 Å². The van der Waals surface area contributed by atoms with Gasteiger partial charge in [-0.15, -0.1) is 0 Å². The van der Waals surface area contributed by atoms with Gasteiger partial charge in [-0.25, -0.2) is 0 Å². The van der Waals surface area contributed by atoms with Crippen molar-refractivity contribution >= 4 is 40.1 Å². The fourth-order valence-electron chi connectivity index (χ4n) is 2.08. The molecule has 0 saturated carbocycles. The van der Waals surface area contributed by atoms with E-state index in [-0.39, 0.29) is 34.2 Å². The minimum atomic E-state index is -0.511. The second-order valence-electron chi connectivity index (χ2n) is 4.91. The number of anilines is 1. The molecule has 0 aliphatic rings. The first-order chi connectivity index (χ1) is 11.4. The highest BCUT2D eigenvalue weighted by molar-refractivity contribution is 14.1. The van der Waals surface area contributed by atoms with Crippen molar-refractivity contribution in [3.8, 4) is 22.8 Å². The lowest BCUT2D eigenvalue weighted by atomic mass is 10.1. The first kappa shape index (κ1) is 18.0. The molecule has 1 aromatic carbocycles. The SMILES string of the molecule is CCNC(=O)c1noc(-c2cc(CI)c(O)cc2O)c1NC(C)=O. The molecular weight excluding hydrogens is 429 g/mol. The second kappa shape index (κ2) is 7.51. The number of amides is 2. The monoisotopic (exact) mass is 445 g/mol. The molecule has 2 aromatic rings. The zero-order valence-electron chi connectivity index (χ0n) is 13.0. The van der Waals surface area contributed by atoms with E-state index in [9.17, 15) is 19.8 Å². The van der Waals surface area contributed by atoms with E-state index in [0.29, 0.717) is 16.5 Å². The van der Waals surface area contributed by atoms with Crippen molar-refractivity contribution in [3.05, 3.63) is 23.4 Å². The summed E-state index contributed by atoms with van der Waals surface area (Å²) in [6.07, 6.45) is 0. The summed E-state index contributed by atoms with van der Waals surface area (Å²) in [6.45, 7) is 3.41. The Morgan fingerprint density at radius 2 is 2.00 bits per heavy atom. The molecule has 128 valence electrons. The number of phenolic OH excluding ortho intramolecular Hbond substituents is 2. The number of hydrogen-bond donors (Lipinski definition) is 4. The van der Waals surface area contributed by atoms with E-state index in [4.69, 9.17) is 4.52 Å². The molecule has 0 spiro atoms. The molecule has 0 atom stereocenters. The number of carbonyl (C=O) groups excluding carboxylic acids is 2. The van der Waals surface area contributed by atoms with Crippen molar-refractivity contribution in [1.29, 1.82) is 0 Å². The van der Waals surface area contributed by atoms with Gasteiger partial charge in [-0.05, 0) is 13.0 Å². The summed E-state index contributed by atoms with van der Waals surface area (Å²) < 4.78 is 5.69. The van der Waals surface area contributed by atoms with E-state index >= 15 is 0 Å². The van der Waals surface area contributed by atoms with Gasteiger partial charge >= 0.3 is 0 Å². The largest absolute Gasteiger partial charge is 0.508 e. The number of aromatic nitrogens is 1. The fourth-order valence-corrected chi connectivity index (χ4v) is 2.69. The van der Waals surface area contributed by atoms with Crippen molar-refractivity contribution in [2.75, 3.05) is 11.9 Å². The molecule has 1 aromatic heterocycles. The molecule has 4 N–H and O–H groups in total. The average Bonchev–Trinajstić information content (AvgIpc) is 2.90. The Morgan fingerprint density at radius 1 is 1.29 bits per heavy atom. The van der Waals surface area contributed by atoms with Crippen LogP contribution in [0.4, 0.5) is 5.69 Å². The number of carbonyl (C=O) groups is 2. The van der Waals surface area contributed by atoms with Crippen LogP contribution in [-0.2, 0) is 9.22 Å². The maximum absolute atomic E-state index is 12.1. The lowest BCUT2D eigenvalue weighted by molar-refractivity contribution is -0.114. The first-order valence-electron chi connectivity index (χ1n) is 7.05. The van der Waals surface area contributed by atoms with Gasteiger partial charge in [0.1, 0.15) is 17.2 Å². The van der Waals surface area contributed by atoms with E-state index in [2.05, 4.69) is 38.4 Å². The number of nitrogens with zero attached hydrogens (tertiary/aromatic N) is 1. The van der Waals surface area contributed by atoms with Gasteiger partial charge in [0.25, 0.3) is 5.91 Å². The van der Waals surface area contributed by atoms with Crippen LogP contribution in [0.5, 0.6) is 11.5 Å². The van der Waals surface area contributed by atoms with Gasteiger partial charge in [-0.3, -0.25) is 9.59 Å². The van der Waals surface area contributed by atoms with Crippen LogP contribution in [0.25, 0.3) is 11.3 Å². The summed E-state index contributed by atoms with van der Waals surface area (Å²) in [4.78, 5) is 23.5. The molecular formula is C15H16IN3O5. The summed E-state index contributed by atoms with van der Waals surface area (Å²) >= 11 is 2.06. The van der Waals surface area contributed by atoms with E-state index in [0.717, 1.165) is 0 Å². The van der Waals surface area contributed by atoms with Crippen molar-refractivity contribution in [2.24, 2.45) is 0 Å². The number of phenols is 2. The zero-order valence-corrected chi connectivity index (χ0v) is 15.2. The van der Waals surface area contributed by atoms with Crippen LogP contribution in [0.2, 0.25) is 0 Å². The molecule has 0 radical (unpaired) electrons. The molecule has 9 heteroatoms. The van der Waals surface area contributed by atoms with Crippen molar-refractivity contribution < 1.29 is 24.3 Å². The van der Waals surface area contributed by atoms with Crippen LogP contribution in [0.1, 0.15) is 29.9 Å². The van der Waals surface area contributed by atoms with Crippen LogP contribution >= 0.6 is 22.6 Å². The topological polar surface area (TPSA) is 125 Å². The number of nitrogens with one attached hydrogen (secondary N) is 2. The van der Waals surface area contributed by atoms with Crippen LogP contribution < -0.4 is 10.6 Å². The molecule has 1 heterocycles. The number of hydrogen-bond acceptors (Lipinski definition) is 6. The summed E-state index contributed by atoms with van der Waals surface area (Å²) in [5.74, 6) is -1.21. The Hall–Kier alpha value is -2.30. The molecule has 0 aliphatic carbocycles. The van der Waals surface area contributed by atoms with Crippen LogP contribution in [-0.4, -0.2) is 33.7 Å². The standard InChI is InChI=1S/C15H16IN3O5/c1-3-17-15(23)13-12(18-7(2)20)14(24-19-13)9-4-8(6-16)10(21)5-11(9)22/h4-5,21-22H,3,6H2,1-2H3,(H,17,23)(H,18,20). The highest BCUT2D eigenvalue weighted by Gasteiger charge is 2.26. The summed E-state index contributed by atoms with van der Waals surface area (Å²) in [7, 11) is 0. The number of alkyl halides is 1. The quantitative estimate of drug-likeness (QED) is 0.414. The number of benzene rings is 1. The van der Waals surface area contributed by atoms with Gasteiger partial charge in [-0.2, -0.15) is 0 Å². The molecule has 2 amide bonds. The lowest BCUT2D eigenvalue weighted by Gasteiger charge is -2.09. The second-order valence-corrected chi connectivity index (χ2v) is 5.67. The summed E-state index contributed by atoms with van der Waals surface area (Å²) in [5, 5.41) is 28.7.